The molecule has 0 aliphatic rings. The molecule has 2 aromatic rings. The van der Waals surface area contributed by atoms with Crippen LogP contribution < -0.4 is 5.73 Å². The molecule has 3 N–H and O–H groups in total. The lowest BCUT2D eigenvalue weighted by atomic mass is 9.88. The molecule has 1 amide bonds. The summed E-state index contributed by atoms with van der Waals surface area (Å²) < 4.78 is 0. The fourth-order valence-electron chi connectivity index (χ4n) is 4.28. The molecule has 0 saturated carbocycles. The van der Waals surface area contributed by atoms with Gasteiger partial charge in [-0.05, 0) is 81.5 Å². The van der Waals surface area contributed by atoms with Crippen molar-refractivity contribution in [2.24, 2.45) is 5.73 Å². The van der Waals surface area contributed by atoms with Crippen molar-refractivity contribution in [3.63, 3.8) is 0 Å². The molecule has 1 heterocycles. The number of benzene rings is 1. The molecule has 0 unspecified atom stereocenters. The zero-order valence-electron chi connectivity index (χ0n) is 24.2. The maximum Gasteiger partial charge on any atom is 0.250 e. The van der Waals surface area contributed by atoms with Gasteiger partial charge in [0.15, 0.2) is 0 Å². The molecule has 202 valence electrons. The van der Waals surface area contributed by atoms with Crippen LogP contribution in [0.5, 0.6) is 0 Å². The van der Waals surface area contributed by atoms with E-state index in [9.17, 15) is 4.79 Å². The first-order chi connectivity index (χ1) is 17.7. The molecule has 0 radical (unpaired) electrons. The SMILES string of the molecule is C#C.C/C=C\C(=C/C)c1cc(C(N)=O)c2[nH]cc(C(CCC)CCC)c2c1.C=C(C)N(C)/C(=C\C)SC. The van der Waals surface area contributed by atoms with Gasteiger partial charge in [0.05, 0.1) is 16.1 Å². The molecular weight excluding hydrogens is 474 g/mol. The fraction of sp³-hybridized carbons (Fsp3) is 0.406. The Bertz CT molecular complexity index is 1110. The zero-order valence-corrected chi connectivity index (χ0v) is 25.0. The van der Waals surface area contributed by atoms with Crippen molar-refractivity contribution >= 4 is 34.1 Å². The van der Waals surface area contributed by atoms with Crippen LogP contribution in [-0.2, 0) is 0 Å². The van der Waals surface area contributed by atoms with Crippen molar-refractivity contribution in [3.8, 4) is 12.8 Å². The highest BCUT2D eigenvalue weighted by Crippen LogP contribution is 2.35. The highest BCUT2D eigenvalue weighted by molar-refractivity contribution is 8.02. The van der Waals surface area contributed by atoms with Crippen LogP contribution in [0, 0.1) is 12.8 Å². The molecule has 0 saturated heterocycles. The third-order valence-corrected chi connectivity index (χ3v) is 7.08. The molecule has 2 rings (SSSR count). The second kappa shape index (κ2) is 18.2. The van der Waals surface area contributed by atoms with Gasteiger partial charge in [0, 0.05) is 24.3 Å². The summed E-state index contributed by atoms with van der Waals surface area (Å²) >= 11 is 1.73. The van der Waals surface area contributed by atoms with E-state index in [0.717, 1.165) is 53.4 Å². The third-order valence-electron chi connectivity index (χ3n) is 6.15. The van der Waals surface area contributed by atoms with E-state index in [1.165, 1.54) is 10.6 Å². The number of thioether (sulfide) groups is 1. The van der Waals surface area contributed by atoms with E-state index in [1.807, 2.05) is 46.9 Å². The fourth-order valence-corrected chi connectivity index (χ4v) is 4.94. The summed E-state index contributed by atoms with van der Waals surface area (Å²) in [4.78, 5) is 17.4. The Kier molecular flexibility index (Phi) is 16.7. The minimum absolute atomic E-state index is 0.390. The number of primary amides is 1. The van der Waals surface area contributed by atoms with E-state index in [-0.39, 0.29) is 0 Å². The standard InChI is InChI=1S/C22H30N2O.C8H15NS.C2H2/c1-5-9-15(8-4)17-12-18-20(16(10-6-2)11-7-3)14-24-21(18)19(13-17)22(23)25;1-6-8(10-5)9(4)7(2)3;1-2/h5,8-9,12-14,16,24H,6-7,10-11H2,1-4H3,(H2,23,25);6H,2H2,1,3-5H3;1-2H/b9-5-,15-8+;8-6+;. The van der Waals surface area contributed by atoms with Gasteiger partial charge in [-0.1, -0.05) is 57.6 Å². The first-order valence-corrected chi connectivity index (χ1v) is 14.1. The van der Waals surface area contributed by atoms with E-state index in [0.29, 0.717) is 11.5 Å². The predicted molar refractivity (Wildman–Crippen MR) is 168 cm³/mol. The number of aromatic amines is 1. The van der Waals surface area contributed by atoms with Gasteiger partial charge in [0.1, 0.15) is 0 Å². The molecule has 5 heteroatoms. The number of nitrogens with one attached hydrogen (secondary N) is 1. The number of nitrogens with zero attached hydrogens (tertiary/aromatic N) is 1. The second-order valence-electron chi connectivity index (χ2n) is 8.70. The number of hydrogen-bond acceptors (Lipinski definition) is 3. The molecule has 0 aliphatic heterocycles. The normalized spacial score (nSPS) is 11.6. The minimum Gasteiger partial charge on any atom is -0.366 e. The van der Waals surface area contributed by atoms with Gasteiger partial charge in [-0.2, -0.15) is 0 Å². The van der Waals surface area contributed by atoms with Crippen LogP contribution in [0.2, 0.25) is 0 Å². The van der Waals surface area contributed by atoms with Crippen LogP contribution in [0.1, 0.15) is 94.6 Å². The average molecular weight is 522 g/mol. The number of aromatic nitrogens is 1. The monoisotopic (exact) mass is 521 g/mol. The third kappa shape index (κ3) is 9.70. The molecule has 37 heavy (non-hydrogen) atoms. The number of H-pyrrole nitrogens is 1. The van der Waals surface area contributed by atoms with E-state index in [2.05, 4.69) is 79.9 Å². The summed E-state index contributed by atoms with van der Waals surface area (Å²) in [6.45, 7) is 16.3. The lowest BCUT2D eigenvalue weighted by Gasteiger charge is -2.20. The number of hydrogen-bond donors (Lipinski definition) is 2. The molecule has 4 nitrogen and oxygen atoms in total. The molecule has 0 bridgehead atoms. The maximum absolute atomic E-state index is 12.0. The summed E-state index contributed by atoms with van der Waals surface area (Å²) in [5.74, 6) is 0.120. The summed E-state index contributed by atoms with van der Waals surface area (Å²) in [5, 5.41) is 2.37. The zero-order chi connectivity index (χ0) is 28.5. The summed E-state index contributed by atoms with van der Waals surface area (Å²) in [7, 11) is 2.02. The lowest BCUT2D eigenvalue weighted by Crippen LogP contribution is -2.12. The number of carbonyl (C=O) groups excluding carboxylic acids is 1. The Balaban J connectivity index is 0.000000910. The van der Waals surface area contributed by atoms with Crippen LogP contribution >= 0.6 is 11.8 Å². The lowest BCUT2D eigenvalue weighted by molar-refractivity contribution is 0.100. The van der Waals surface area contributed by atoms with Crippen molar-refractivity contribution in [2.75, 3.05) is 13.3 Å². The number of fused-ring (bicyclic) bond motifs is 1. The summed E-state index contributed by atoms with van der Waals surface area (Å²) in [5.41, 5.74) is 11.6. The Morgan fingerprint density at radius 2 is 1.76 bits per heavy atom. The topological polar surface area (TPSA) is 62.1 Å². The van der Waals surface area contributed by atoms with Gasteiger partial charge in [-0.3, -0.25) is 4.79 Å². The number of allylic oxidation sites excluding steroid dienone is 6. The molecular formula is C32H47N3OS. The molecule has 0 atom stereocenters. The van der Waals surface area contributed by atoms with Gasteiger partial charge in [-0.25, -0.2) is 0 Å². The summed E-state index contributed by atoms with van der Waals surface area (Å²) in [6.07, 6.45) is 25.0. The van der Waals surface area contributed by atoms with Crippen LogP contribution in [0.15, 0.2) is 59.9 Å². The molecule has 1 aromatic heterocycles. The maximum atomic E-state index is 12.0. The van der Waals surface area contributed by atoms with Crippen molar-refractivity contribution in [2.45, 2.75) is 73.1 Å². The summed E-state index contributed by atoms with van der Waals surface area (Å²) in [6, 6.07) is 4.09. The molecule has 0 fully saturated rings. The largest absolute Gasteiger partial charge is 0.366 e. The van der Waals surface area contributed by atoms with Crippen LogP contribution in [-0.4, -0.2) is 29.1 Å². The number of nitrogens with two attached hydrogens (primary N) is 1. The first kappa shape index (κ1) is 33.9. The van der Waals surface area contributed by atoms with Gasteiger partial charge in [0.2, 0.25) is 0 Å². The van der Waals surface area contributed by atoms with Crippen molar-refractivity contribution < 1.29 is 4.79 Å². The highest BCUT2D eigenvalue weighted by atomic mass is 32.2. The van der Waals surface area contributed by atoms with Gasteiger partial charge in [0.25, 0.3) is 5.91 Å². The quantitative estimate of drug-likeness (QED) is 0.229. The predicted octanol–water partition coefficient (Wildman–Crippen LogP) is 8.86. The van der Waals surface area contributed by atoms with Crippen molar-refractivity contribution in [3.05, 3.63) is 76.6 Å². The van der Waals surface area contributed by atoms with Crippen LogP contribution in [0.3, 0.4) is 0 Å². The Morgan fingerprint density at radius 3 is 2.14 bits per heavy atom. The number of carbonyl (C=O) groups is 1. The van der Waals surface area contributed by atoms with Gasteiger partial charge in [-0.15, -0.1) is 24.6 Å². The van der Waals surface area contributed by atoms with Crippen molar-refractivity contribution in [1.29, 1.82) is 0 Å². The van der Waals surface area contributed by atoms with E-state index in [1.54, 1.807) is 11.8 Å². The second-order valence-corrected chi connectivity index (χ2v) is 9.52. The number of amides is 1. The van der Waals surface area contributed by atoms with E-state index < -0.39 is 5.91 Å². The number of terminal acetylenes is 1. The minimum atomic E-state index is -0.390. The highest BCUT2D eigenvalue weighted by Gasteiger charge is 2.19. The molecule has 0 aliphatic carbocycles. The molecule has 0 spiro atoms. The van der Waals surface area contributed by atoms with Gasteiger partial charge >= 0.3 is 0 Å². The van der Waals surface area contributed by atoms with Crippen molar-refractivity contribution in [1.82, 2.24) is 9.88 Å². The smallest absolute Gasteiger partial charge is 0.250 e. The van der Waals surface area contributed by atoms with E-state index >= 15 is 0 Å². The van der Waals surface area contributed by atoms with Gasteiger partial charge < -0.3 is 15.6 Å². The van der Waals surface area contributed by atoms with Crippen LogP contribution in [0.25, 0.3) is 16.5 Å². The Labute approximate surface area is 230 Å². The molecule has 1 aromatic carbocycles. The average Bonchev–Trinajstić information content (AvgIpc) is 3.32. The van der Waals surface area contributed by atoms with Crippen LogP contribution in [0.4, 0.5) is 0 Å². The Morgan fingerprint density at radius 1 is 1.16 bits per heavy atom. The van der Waals surface area contributed by atoms with E-state index in [4.69, 9.17) is 5.73 Å². The number of rotatable bonds is 11. The first-order valence-electron chi connectivity index (χ1n) is 12.9. The Hall–Kier alpha value is -3.10.